The number of hydrogen-bond acceptors (Lipinski definition) is 11. The van der Waals surface area contributed by atoms with Crippen molar-refractivity contribution >= 4 is 11.9 Å². The Balaban J connectivity index is 1.02. The van der Waals surface area contributed by atoms with Crippen LogP contribution in [0.1, 0.15) is 53.0 Å². The Labute approximate surface area is 280 Å². The Hall–Kier alpha value is -4.47. The summed E-state index contributed by atoms with van der Waals surface area (Å²) in [6.07, 6.45) is 1.47. The van der Waals surface area contributed by atoms with E-state index in [9.17, 15) is 14.9 Å². The molecule has 2 fully saturated rings. The molecular formula is C37H41NO10. The molecule has 254 valence electrons. The minimum Gasteiger partial charge on any atom is -0.494 e. The molecule has 0 radical (unpaired) electrons. The molecule has 0 unspecified atom stereocenters. The minimum atomic E-state index is -0.641. The fourth-order valence-corrected chi connectivity index (χ4v) is 4.86. The largest absolute Gasteiger partial charge is 0.494 e. The van der Waals surface area contributed by atoms with Crippen molar-refractivity contribution in [1.29, 1.82) is 5.26 Å². The van der Waals surface area contributed by atoms with E-state index < -0.39 is 11.9 Å². The molecule has 0 atom stereocenters. The number of benzene rings is 3. The highest BCUT2D eigenvalue weighted by atomic mass is 16.5. The molecule has 0 aliphatic carbocycles. The molecule has 0 N–H and O–H groups in total. The minimum absolute atomic E-state index is 0.0394. The van der Waals surface area contributed by atoms with Crippen molar-refractivity contribution in [3.05, 3.63) is 83.4 Å². The Bertz CT molecular complexity index is 1560. The average molecular weight is 660 g/mol. The predicted molar refractivity (Wildman–Crippen MR) is 174 cm³/mol. The van der Waals surface area contributed by atoms with Crippen molar-refractivity contribution in [1.82, 2.24) is 0 Å². The van der Waals surface area contributed by atoms with Crippen molar-refractivity contribution in [3.63, 3.8) is 0 Å². The maximum absolute atomic E-state index is 12.8. The topological polar surface area (TPSA) is 132 Å². The van der Waals surface area contributed by atoms with Crippen LogP contribution in [-0.4, -0.2) is 78.0 Å². The first kappa shape index (κ1) is 34.9. The smallest absolute Gasteiger partial charge is 0.343 e. The monoisotopic (exact) mass is 659 g/mol. The zero-order chi connectivity index (χ0) is 33.8. The summed E-state index contributed by atoms with van der Waals surface area (Å²) in [4.78, 5) is 25.5. The molecule has 2 aliphatic heterocycles. The summed E-state index contributed by atoms with van der Waals surface area (Å²) in [5.74, 6) is 0.169. The second-order valence-corrected chi connectivity index (χ2v) is 12.7. The standard InChI is InChI=1S/C37H41NO10/c1-36(23-43-24-36)21-41-15-3-17-45-30-9-5-27(6-10-30)34(39)47-32-13-14-33(29(19-32)20-38)48-35(40)28-7-11-31(12-8-28)46-18-4-16-42-22-37(2)25-44-26-37/h5-14,19H,3-4,15-18,21-26H2,1-2H3. The van der Waals surface area contributed by atoms with Gasteiger partial charge in [-0.25, -0.2) is 9.59 Å². The van der Waals surface area contributed by atoms with Gasteiger partial charge in [0.05, 0.1) is 69.5 Å². The van der Waals surface area contributed by atoms with E-state index in [1.165, 1.54) is 18.2 Å². The van der Waals surface area contributed by atoms with Crippen molar-refractivity contribution in [2.24, 2.45) is 10.8 Å². The summed E-state index contributed by atoms with van der Waals surface area (Å²) in [5.41, 5.74) is 0.888. The highest BCUT2D eigenvalue weighted by molar-refractivity contribution is 5.92. The fraction of sp³-hybridized carbons (Fsp3) is 0.432. The summed E-state index contributed by atoms with van der Waals surface area (Å²) in [6.45, 7) is 10.7. The van der Waals surface area contributed by atoms with E-state index in [0.29, 0.717) is 56.7 Å². The van der Waals surface area contributed by atoms with Gasteiger partial charge in [0.15, 0.2) is 0 Å². The van der Waals surface area contributed by atoms with Crippen LogP contribution >= 0.6 is 0 Å². The van der Waals surface area contributed by atoms with E-state index in [2.05, 4.69) is 13.8 Å². The van der Waals surface area contributed by atoms with Gasteiger partial charge < -0.3 is 37.9 Å². The van der Waals surface area contributed by atoms with E-state index in [-0.39, 0.29) is 33.5 Å². The molecule has 48 heavy (non-hydrogen) atoms. The zero-order valence-electron chi connectivity index (χ0n) is 27.4. The number of carbonyl (C=O) groups excluding carboxylic acids is 2. The van der Waals surface area contributed by atoms with Gasteiger partial charge in [-0.15, -0.1) is 0 Å². The molecule has 0 aromatic heterocycles. The third kappa shape index (κ3) is 10.0. The quantitative estimate of drug-likeness (QED) is 0.0955. The van der Waals surface area contributed by atoms with Gasteiger partial charge in [0, 0.05) is 43.0 Å². The van der Waals surface area contributed by atoms with Gasteiger partial charge >= 0.3 is 11.9 Å². The molecular weight excluding hydrogens is 618 g/mol. The number of ether oxygens (including phenoxy) is 8. The lowest BCUT2D eigenvalue weighted by atomic mass is 9.90. The molecule has 5 rings (SSSR count). The van der Waals surface area contributed by atoms with Crippen LogP contribution in [-0.2, 0) is 18.9 Å². The van der Waals surface area contributed by atoms with Crippen molar-refractivity contribution in [2.75, 3.05) is 66.1 Å². The van der Waals surface area contributed by atoms with Crippen LogP contribution < -0.4 is 18.9 Å². The van der Waals surface area contributed by atoms with Crippen molar-refractivity contribution in [2.45, 2.75) is 26.7 Å². The molecule has 0 bridgehead atoms. The SMILES string of the molecule is CC1(COCCCOc2ccc(C(=O)Oc3ccc(OC(=O)c4ccc(OCCCOCC5(C)COC5)cc4)c(C#N)c3)cc2)COC1. The Morgan fingerprint density at radius 3 is 1.56 bits per heavy atom. The van der Waals surface area contributed by atoms with E-state index in [0.717, 1.165) is 39.3 Å². The van der Waals surface area contributed by atoms with Crippen LogP contribution in [0, 0.1) is 22.2 Å². The molecule has 2 heterocycles. The van der Waals surface area contributed by atoms with Crippen LogP contribution in [0.4, 0.5) is 0 Å². The molecule has 2 aliphatic rings. The number of carbonyl (C=O) groups is 2. The normalized spacial score (nSPS) is 15.7. The summed E-state index contributed by atoms with van der Waals surface area (Å²) in [7, 11) is 0. The highest BCUT2D eigenvalue weighted by Gasteiger charge is 2.34. The molecule has 0 saturated carbocycles. The Morgan fingerprint density at radius 2 is 1.12 bits per heavy atom. The summed E-state index contributed by atoms with van der Waals surface area (Å²) in [5, 5.41) is 9.66. The number of hydrogen-bond donors (Lipinski definition) is 0. The van der Waals surface area contributed by atoms with Gasteiger partial charge in [0.1, 0.15) is 29.1 Å². The van der Waals surface area contributed by atoms with Gasteiger partial charge in [0.25, 0.3) is 0 Å². The van der Waals surface area contributed by atoms with Crippen LogP contribution in [0.25, 0.3) is 0 Å². The summed E-state index contributed by atoms with van der Waals surface area (Å²) in [6, 6.07) is 19.3. The van der Waals surface area contributed by atoms with Crippen molar-refractivity contribution in [3.8, 4) is 29.1 Å². The van der Waals surface area contributed by atoms with Crippen LogP contribution in [0.3, 0.4) is 0 Å². The predicted octanol–water partition coefficient (Wildman–Crippen LogP) is 5.64. The molecule has 3 aromatic rings. The first-order chi connectivity index (χ1) is 23.2. The van der Waals surface area contributed by atoms with Crippen LogP contribution in [0.2, 0.25) is 0 Å². The molecule has 11 heteroatoms. The van der Waals surface area contributed by atoms with Gasteiger partial charge in [0.2, 0.25) is 0 Å². The maximum atomic E-state index is 12.8. The average Bonchev–Trinajstić information content (AvgIpc) is 3.07. The van der Waals surface area contributed by atoms with E-state index in [1.54, 1.807) is 48.5 Å². The van der Waals surface area contributed by atoms with Gasteiger partial charge in [-0.3, -0.25) is 0 Å². The van der Waals surface area contributed by atoms with E-state index in [1.807, 2.05) is 6.07 Å². The highest BCUT2D eigenvalue weighted by Crippen LogP contribution is 2.28. The third-order valence-electron chi connectivity index (χ3n) is 7.77. The van der Waals surface area contributed by atoms with Gasteiger partial charge in [-0.2, -0.15) is 5.26 Å². The lowest BCUT2D eigenvalue weighted by molar-refractivity contribution is -0.138. The summed E-state index contributed by atoms with van der Waals surface area (Å²) >= 11 is 0. The number of nitriles is 1. The van der Waals surface area contributed by atoms with Gasteiger partial charge in [-0.1, -0.05) is 13.8 Å². The second kappa shape index (κ2) is 16.6. The van der Waals surface area contributed by atoms with Crippen LogP contribution in [0.5, 0.6) is 23.0 Å². The van der Waals surface area contributed by atoms with Gasteiger partial charge in [-0.05, 0) is 60.7 Å². The maximum Gasteiger partial charge on any atom is 0.343 e. The van der Waals surface area contributed by atoms with Crippen molar-refractivity contribution < 1.29 is 47.5 Å². The first-order valence-electron chi connectivity index (χ1n) is 16.0. The lowest BCUT2D eigenvalue weighted by Crippen LogP contribution is -2.43. The molecule has 11 nitrogen and oxygen atoms in total. The summed E-state index contributed by atoms with van der Waals surface area (Å²) < 4.78 is 44.3. The Morgan fingerprint density at radius 1 is 0.667 bits per heavy atom. The number of rotatable bonds is 18. The molecule has 0 amide bonds. The Kier molecular flexibility index (Phi) is 12.0. The fourth-order valence-electron chi connectivity index (χ4n) is 4.86. The third-order valence-corrected chi connectivity index (χ3v) is 7.77. The molecule has 0 spiro atoms. The van der Waals surface area contributed by atoms with E-state index >= 15 is 0 Å². The van der Waals surface area contributed by atoms with Crippen LogP contribution in [0.15, 0.2) is 66.7 Å². The molecule has 3 aromatic carbocycles. The number of esters is 2. The van der Waals surface area contributed by atoms with E-state index in [4.69, 9.17) is 37.9 Å². The lowest BCUT2D eigenvalue weighted by Gasteiger charge is -2.37. The number of nitrogens with zero attached hydrogens (tertiary/aromatic N) is 1. The molecule has 2 saturated heterocycles. The zero-order valence-corrected chi connectivity index (χ0v) is 27.4. The second-order valence-electron chi connectivity index (χ2n) is 12.7. The first-order valence-corrected chi connectivity index (χ1v) is 16.0.